The Bertz CT molecular complexity index is 613. The molecule has 2 rings (SSSR count). The first kappa shape index (κ1) is 15.0. The van der Waals surface area contributed by atoms with E-state index in [2.05, 4.69) is 21.0 Å². The lowest BCUT2D eigenvalue weighted by Crippen LogP contribution is -2.09. The van der Waals surface area contributed by atoms with Crippen molar-refractivity contribution in [3.63, 3.8) is 0 Å². The maximum atomic E-state index is 13.8. The minimum atomic E-state index is -0.400. The molecule has 0 spiro atoms. The Morgan fingerprint density at radius 3 is 2.85 bits per heavy atom. The van der Waals surface area contributed by atoms with Gasteiger partial charge in [0, 0.05) is 18.7 Å². The molecule has 0 bridgehead atoms. The van der Waals surface area contributed by atoms with E-state index < -0.39 is 5.82 Å². The Hall–Kier alpha value is -1.40. The molecule has 0 saturated carbocycles. The summed E-state index contributed by atoms with van der Waals surface area (Å²) in [6, 6.07) is 4.75. The number of aryl methyl sites for hydroxylation is 2. The molecule has 20 heavy (non-hydrogen) atoms. The van der Waals surface area contributed by atoms with E-state index in [1.807, 2.05) is 18.5 Å². The van der Waals surface area contributed by atoms with Crippen molar-refractivity contribution in [2.24, 2.45) is 5.73 Å². The molecule has 0 saturated heterocycles. The predicted octanol–water partition coefficient (Wildman–Crippen LogP) is 3.15. The monoisotopic (exact) mass is 341 g/mol. The van der Waals surface area contributed by atoms with Gasteiger partial charge in [-0.05, 0) is 35.8 Å². The zero-order valence-corrected chi connectivity index (χ0v) is 13.1. The highest BCUT2D eigenvalue weighted by molar-refractivity contribution is 9.10. The van der Waals surface area contributed by atoms with Gasteiger partial charge in [0.2, 0.25) is 0 Å². The lowest BCUT2D eigenvalue weighted by molar-refractivity contribution is 0.274. The van der Waals surface area contributed by atoms with E-state index in [9.17, 15) is 4.39 Å². The van der Waals surface area contributed by atoms with Gasteiger partial charge in [0.25, 0.3) is 0 Å². The average Bonchev–Trinajstić information content (AvgIpc) is 2.72. The fraction of sp³-hybridized carbons (Fsp3) is 0.357. The van der Waals surface area contributed by atoms with Crippen molar-refractivity contribution in [2.45, 2.75) is 33.5 Å². The zero-order chi connectivity index (χ0) is 14.7. The summed E-state index contributed by atoms with van der Waals surface area (Å²) in [4.78, 5) is 0. The van der Waals surface area contributed by atoms with Gasteiger partial charge >= 0.3 is 0 Å². The first-order valence-corrected chi connectivity index (χ1v) is 7.19. The van der Waals surface area contributed by atoms with Crippen LogP contribution in [-0.4, -0.2) is 9.78 Å². The second-order valence-corrected chi connectivity index (χ2v) is 5.18. The number of para-hydroxylation sites is 1. The van der Waals surface area contributed by atoms with Crippen molar-refractivity contribution in [2.75, 3.05) is 0 Å². The summed E-state index contributed by atoms with van der Waals surface area (Å²) in [6.45, 7) is 5.11. The van der Waals surface area contributed by atoms with Crippen molar-refractivity contribution < 1.29 is 9.13 Å². The third kappa shape index (κ3) is 2.86. The number of hydrogen-bond donors (Lipinski definition) is 1. The molecular formula is C14H17BrFN3O. The Morgan fingerprint density at radius 1 is 1.45 bits per heavy atom. The van der Waals surface area contributed by atoms with Gasteiger partial charge in [0.1, 0.15) is 6.61 Å². The lowest BCUT2D eigenvalue weighted by atomic mass is 10.2. The molecule has 2 N–H and O–H groups in total. The predicted molar refractivity (Wildman–Crippen MR) is 79.0 cm³/mol. The van der Waals surface area contributed by atoms with E-state index in [1.165, 1.54) is 6.07 Å². The molecule has 0 radical (unpaired) electrons. The molecular weight excluding hydrogens is 325 g/mol. The lowest BCUT2D eigenvalue weighted by Gasteiger charge is -2.12. The summed E-state index contributed by atoms with van der Waals surface area (Å²) in [5, 5.41) is 4.38. The second-order valence-electron chi connectivity index (χ2n) is 4.38. The van der Waals surface area contributed by atoms with Gasteiger partial charge in [-0.2, -0.15) is 5.10 Å². The Kier molecular flexibility index (Phi) is 4.77. The fourth-order valence-corrected chi connectivity index (χ4v) is 2.42. The van der Waals surface area contributed by atoms with Crippen LogP contribution < -0.4 is 10.5 Å². The van der Waals surface area contributed by atoms with Crippen LogP contribution >= 0.6 is 15.9 Å². The molecule has 1 heterocycles. The number of aromatic nitrogens is 2. The molecule has 0 atom stereocenters. The molecule has 0 fully saturated rings. The second kappa shape index (κ2) is 6.37. The Morgan fingerprint density at radius 2 is 2.20 bits per heavy atom. The third-order valence-corrected chi connectivity index (χ3v) is 4.11. The SMILES string of the molecule is CCn1nc(C)c(Br)c1COc1c(F)cccc1CN. The topological polar surface area (TPSA) is 53.1 Å². The minimum Gasteiger partial charge on any atom is -0.484 e. The van der Waals surface area contributed by atoms with E-state index in [-0.39, 0.29) is 18.9 Å². The summed E-state index contributed by atoms with van der Waals surface area (Å²) < 4.78 is 22.2. The maximum Gasteiger partial charge on any atom is 0.165 e. The summed E-state index contributed by atoms with van der Waals surface area (Å²) >= 11 is 3.49. The number of hydrogen-bond acceptors (Lipinski definition) is 3. The van der Waals surface area contributed by atoms with Crippen LogP contribution in [0.5, 0.6) is 5.75 Å². The van der Waals surface area contributed by atoms with Crippen LogP contribution in [0.3, 0.4) is 0 Å². The van der Waals surface area contributed by atoms with Crippen molar-refractivity contribution in [1.82, 2.24) is 9.78 Å². The van der Waals surface area contributed by atoms with Gasteiger partial charge in [-0.3, -0.25) is 4.68 Å². The van der Waals surface area contributed by atoms with Crippen LogP contribution in [0.2, 0.25) is 0 Å². The van der Waals surface area contributed by atoms with Gasteiger partial charge in [-0.25, -0.2) is 4.39 Å². The van der Waals surface area contributed by atoms with Gasteiger partial charge in [0.15, 0.2) is 11.6 Å². The van der Waals surface area contributed by atoms with Crippen LogP contribution in [0.1, 0.15) is 23.9 Å². The van der Waals surface area contributed by atoms with Gasteiger partial charge < -0.3 is 10.5 Å². The van der Waals surface area contributed by atoms with E-state index in [0.29, 0.717) is 5.56 Å². The largest absolute Gasteiger partial charge is 0.484 e. The summed E-state index contributed by atoms with van der Waals surface area (Å²) in [5.41, 5.74) is 8.03. The van der Waals surface area contributed by atoms with Crippen molar-refractivity contribution in [1.29, 1.82) is 0 Å². The number of ether oxygens (including phenoxy) is 1. The number of rotatable bonds is 5. The minimum absolute atomic E-state index is 0.211. The van der Waals surface area contributed by atoms with Crippen LogP contribution in [0, 0.1) is 12.7 Å². The molecule has 108 valence electrons. The highest BCUT2D eigenvalue weighted by Crippen LogP contribution is 2.26. The molecule has 0 aliphatic heterocycles. The summed E-state index contributed by atoms with van der Waals surface area (Å²) in [6.07, 6.45) is 0. The van der Waals surface area contributed by atoms with E-state index in [4.69, 9.17) is 10.5 Å². The summed E-state index contributed by atoms with van der Waals surface area (Å²) in [7, 11) is 0. The van der Waals surface area contributed by atoms with Crippen LogP contribution in [0.4, 0.5) is 4.39 Å². The van der Waals surface area contributed by atoms with Gasteiger partial charge in [-0.15, -0.1) is 0 Å². The van der Waals surface area contributed by atoms with E-state index in [0.717, 1.165) is 22.4 Å². The average molecular weight is 342 g/mol. The number of benzene rings is 1. The Labute approximate surface area is 125 Å². The third-order valence-electron chi connectivity index (χ3n) is 3.07. The molecule has 2 aromatic rings. The molecule has 1 aromatic carbocycles. The molecule has 0 amide bonds. The normalized spacial score (nSPS) is 10.8. The summed E-state index contributed by atoms with van der Waals surface area (Å²) in [5.74, 6) is -0.188. The standard InChI is InChI=1S/C14H17BrFN3O/c1-3-19-12(13(15)9(2)18-19)8-20-14-10(7-17)5-4-6-11(14)16/h4-6H,3,7-8,17H2,1-2H3. The Balaban J connectivity index is 2.25. The molecule has 0 unspecified atom stereocenters. The van der Waals surface area contributed by atoms with Crippen molar-refractivity contribution >= 4 is 15.9 Å². The number of nitrogens with zero attached hydrogens (tertiary/aromatic N) is 2. The van der Waals surface area contributed by atoms with Crippen LogP contribution in [0.25, 0.3) is 0 Å². The zero-order valence-electron chi connectivity index (χ0n) is 11.5. The van der Waals surface area contributed by atoms with Gasteiger partial charge in [-0.1, -0.05) is 12.1 Å². The highest BCUT2D eigenvalue weighted by Gasteiger charge is 2.15. The smallest absolute Gasteiger partial charge is 0.165 e. The molecule has 0 aliphatic rings. The molecule has 6 heteroatoms. The molecule has 0 aliphatic carbocycles. The molecule has 4 nitrogen and oxygen atoms in total. The highest BCUT2D eigenvalue weighted by atomic mass is 79.9. The number of nitrogens with two attached hydrogens (primary N) is 1. The molecule has 1 aromatic heterocycles. The number of halogens is 2. The quantitative estimate of drug-likeness (QED) is 0.908. The van der Waals surface area contributed by atoms with Crippen molar-refractivity contribution in [3.05, 3.63) is 45.4 Å². The van der Waals surface area contributed by atoms with Crippen LogP contribution in [0.15, 0.2) is 22.7 Å². The maximum absolute atomic E-state index is 13.8. The van der Waals surface area contributed by atoms with Gasteiger partial charge in [0.05, 0.1) is 15.9 Å². The first-order chi connectivity index (χ1) is 9.58. The first-order valence-electron chi connectivity index (χ1n) is 6.40. The van der Waals surface area contributed by atoms with E-state index >= 15 is 0 Å². The van der Waals surface area contributed by atoms with E-state index in [1.54, 1.807) is 12.1 Å². The van der Waals surface area contributed by atoms with Crippen LogP contribution in [-0.2, 0) is 19.7 Å². The fourth-order valence-electron chi connectivity index (χ4n) is 2.02. The van der Waals surface area contributed by atoms with Crippen molar-refractivity contribution in [3.8, 4) is 5.75 Å².